The van der Waals surface area contributed by atoms with Crippen LogP contribution in [0.2, 0.25) is 0 Å². The minimum Gasteiger partial charge on any atom is -0.363 e. The van der Waals surface area contributed by atoms with Gasteiger partial charge in [0.15, 0.2) is 0 Å². The van der Waals surface area contributed by atoms with Crippen LogP contribution in [-0.2, 0) is 7.05 Å². The zero-order valence-electron chi connectivity index (χ0n) is 11.3. The van der Waals surface area contributed by atoms with E-state index < -0.39 is 4.92 Å². The molecule has 0 amide bonds. The fourth-order valence-electron chi connectivity index (χ4n) is 2.19. The Morgan fingerprint density at radius 3 is 2.79 bits per heavy atom. The molecule has 0 spiro atoms. The Kier molecular flexibility index (Phi) is 4.33. The van der Waals surface area contributed by atoms with Gasteiger partial charge >= 0.3 is 5.82 Å². The Morgan fingerprint density at radius 2 is 2.16 bits per heavy atom. The first-order valence-corrected chi connectivity index (χ1v) is 6.44. The first-order chi connectivity index (χ1) is 9.09. The fraction of sp³-hybridized carbons (Fsp3) is 0.727. The van der Waals surface area contributed by atoms with Gasteiger partial charge in [0.05, 0.1) is 0 Å². The van der Waals surface area contributed by atoms with Crippen LogP contribution in [0, 0.1) is 17.0 Å². The van der Waals surface area contributed by atoms with Crippen molar-refractivity contribution in [2.75, 3.05) is 44.6 Å². The second-order valence-electron chi connectivity index (χ2n) is 4.67. The summed E-state index contributed by atoms with van der Waals surface area (Å²) in [5.41, 5.74) is 0. The van der Waals surface area contributed by atoms with Crippen LogP contribution < -0.4 is 10.6 Å². The molecule has 106 valence electrons. The SMILES string of the molecule is Cc1nc([N+](=O)[O-])c(NCCN2CCNCC2)n1C. The highest BCUT2D eigenvalue weighted by atomic mass is 16.6. The molecule has 0 bridgehead atoms. The lowest BCUT2D eigenvalue weighted by atomic mass is 10.3. The van der Waals surface area contributed by atoms with Gasteiger partial charge in [-0.2, -0.15) is 0 Å². The molecule has 2 rings (SSSR count). The molecule has 8 nitrogen and oxygen atoms in total. The Hall–Kier alpha value is -1.67. The molecule has 0 aromatic carbocycles. The predicted octanol–water partition coefficient (Wildman–Crippen LogP) is -0.0462. The van der Waals surface area contributed by atoms with Gasteiger partial charge in [0.2, 0.25) is 11.6 Å². The molecule has 0 saturated carbocycles. The van der Waals surface area contributed by atoms with E-state index in [1.54, 1.807) is 18.5 Å². The number of aromatic nitrogens is 2. The summed E-state index contributed by atoms with van der Waals surface area (Å²) in [6, 6.07) is 0. The number of nitro groups is 1. The van der Waals surface area contributed by atoms with Gasteiger partial charge in [0.1, 0.15) is 0 Å². The van der Waals surface area contributed by atoms with Crippen molar-refractivity contribution in [2.24, 2.45) is 7.05 Å². The second kappa shape index (κ2) is 5.98. The van der Waals surface area contributed by atoms with Crippen molar-refractivity contribution in [2.45, 2.75) is 6.92 Å². The van der Waals surface area contributed by atoms with Crippen molar-refractivity contribution in [3.8, 4) is 0 Å². The standard InChI is InChI=1S/C11H20N6O2/c1-9-14-11(17(18)19)10(15(9)2)13-5-8-16-6-3-12-4-7-16/h12-13H,3-8H2,1-2H3. The van der Waals surface area contributed by atoms with Gasteiger partial charge in [0.25, 0.3) is 0 Å². The molecule has 1 fully saturated rings. The van der Waals surface area contributed by atoms with Crippen molar-refractivity contribution in [1.82, 2.24) is 19.8 Å². The number of imidazole rings is 1. The topological polar surface area (TPSA) is 88.3 Å². The molecule has 1 aliphatic rings. The average Bonchev–Trinajstić information content (AvgIpc) is 2.68. The Balaban J connectivity index is 1.93. The van der Waals surface area contributed by atoms with Gasteiger partial charge in [0, 0.05) is 53.2 Å². The molecule has 2 heterocycles. The van der Waals surface area contributed by atoms with Gasteiger partial charge in [-0.25, -0.2) is 0 Å². The van der Waals surface area contributed by atoms with E-state index in [1.165, 1.54) is 0 Å². The van der Waals surface area contributed by atoms with Crippen molar-refractivity contribution < 1.29 is 4.92 Å². The predicted molar refractivity (Wildman–Crippen MR) is 72.4 cm³/mol. The van der Waals surface area contributed by atoms with Crippen LogP contribution in [0.5, 0.6) is 0 Å². The fourth-order valence-corrected chi connectivity index (χ4v) is 2.19. The molecule has 2 N–H and O–H groups in total. The Bertz CT molecular complexity index is 452. The summed E-state index contributed by atoms with van der Waals surface area (Å²) in [7, 11) is 1.78. The molecular formula is C11H20N6O2. The van der Waals surface area contributed by atoms with Crippen LogP contribution in [0.25, 0.3) is 0 Å². The number of nitrogens with zero attached hydrogens (tertiary/aromatic N) is 4. The summed E-state index contributed by atoms with van der Waals surface area (Å²) >= 11 is 0. The second-order valence-corrected chi connectivity index (χ2v) is 4.67. The highest BCUT2D eigenvalue weighted by Crippen LogP contribution is 2.23. The van der Waals surface area contributed by atoms with Gasteiger partial charge in [-0.05, 0) is 9.91 Å². The highest BCUT2D eigenvalue weighted by Gasteiger charge is 2.23. The molecule has 1 aliphatic heterocycles. The smallest absolute Gasteiger partial charge is 0.363 e. The van der Waals surface area contributed by atoms with Crippen LogP contribution in [0.1, 0.15) is 5.82 Å². The monoisotopic (exact) mass is 268 g/mol. The quantitative estimate of drug-likeness (QED) is 0.575. The molecule has 19 heavy (non-hydrogen) atoms. The number of piperazine rings is 1. The van der Waals surface area contributed by atoms with Crippen LogP contribution in [0.15, 0.2) is 0 Å². The summed E-state index contributed by atoms with van der Waals surface area (Å²) < 4.78 is 1.72. The van der Waals surface area contributed by atoms with E-state index in [0.29, 0.717) is 18.2 Å². The molecule has 0 radical (unpaired) electrons. The largest absolute Gasteiger partial charge is 0.406 e. The first kappa shape index (κ1) is 13.8. The van der Waals surface area contributed by atoms with Crippen molar-refractivity contribution in [1.29, 1.82) is 0 Å². The number of aryl methyl sites for hydroxylation is 1. The lowest BCUT2D eigenvalue weighted by molar-refractivity contribution is -0.388. The minimum atomic E-state index is -0.444. The average molecular weight is 268 g/mol. The van der Waals surface area contributed by atoms with E-state index in [0.717, 1.165) is 32.7 Å². The van der Waals surface area contributed by atoms with E-state index in [-0.39, 0.29) is 5.82 Å². The number of hydrogen-bond acceptors (Lipinski definition) is 6. The maximum atomic E-state index is 10.9. The zero-order valence-corrected chi connectivity index (χ0v) is 11.3. The molecule has 0 atom stereocenters. The summed E-state index contributed by atoms with van der Waals surface area (Å²) in [4.78, 5) is 16.8. The van der Waals surface area contributed by atoms with Crippen LogP contribution >= 0.6 is 0 Å². The maximum Gasteiger partial charge on any atom is 0.406 e. The lowest BCUT2D eigenvalue weighted by Gasteiger charge is -2.27. The van der Waals surface area contributed by atoms with E-state index in [1.807, 2.05) is 0 Å². The number of hydrogen-bond donors (Lipinski definition) is 2. The van der Waals surface area contributed by atoms with Crippen molar-refractivity contribution in [3.63, 3.8) is 0 Å². The number of rotatable bonds is 5. The number of nitrogens with one attached hydrogen (secondary N) is 2. The highest BCUT2D eigenvalue weighted by molar-refractivity contribution is 5.53. The molecule has 1 aromatic heterocycles. The molecule has 8 heteroatoms. The third-order valence-electron chi connectivity index (χ3n) is 3.40. The number of anilines is 1. The van der Waals surface area contributed by atoms with Gasteiger partial charge in [-0.1, -0.05) is 0 Å². The minimum absolute atomic E-state index is 0.0969. The first-order valence-electron chi connectivity index (χ1n) is 6.44. The van der Waals surface area contributed by atoms with Crippen LogP contribution in [-0.4, -0.2) is 58.6 Å². The van der Waals surface area contributed by atoms with Gasteiger partial charge < -0.3 is 20.7 Å². The molecular weight excluding hydrogens is 248 g/mol. The van der Waals surface area contributed by atoms with E-state index in [2.05, 4.69) is 20.5 Å². The Labute approximate surface area is 111 Å². The third-order valence-corrected chi connectivity index (χ3v) is 3.40. The summed E-state index contributed by atoms with van der Waals surface area (Å²) in [6.45, 7) is 7.37. The van der Waals surface area contributed by atoms with Gasteiger partial charge in [-0.15, -0.1) is 0 Å². The molecule has 1 saturated heterocycles. The Morgan fingerprint density at radius 1 is 1.47 bits per heavy atom. The van der Waals surface area contributed by atoms with E-state index in [4.69, 9.17) is 0 Å². The normalized spacial score (nSPS) is 16.5. The van der Waals surface area contributed by atoms with Gasteiger partial charge in [-0.3, -0.25) is 9.47 Å². The third kappa shape index (κ3) is 3.21. The summed E-state index contributed by atoms with van der Waals surface area (Å²) in [5.74, 6) is 1.02. The molecule has 0 unspecified atom stereocenters. The zero-order chi connectivity index (χ0) is 13.8. The maximum absolute atomic E-state index is 10.9. The molecule has 0 aliphatic carbocycles. The summed E-state index contributed by atoms with van der Waals surface area (Å²) in [5, 5.41) is 17.3. The van der Waals surface area contributed by atoms with Crippen molar-refractivity contribution in [3.05, 3.63) is 15.9 Å². The summed E-state index contributed by atoms with van der Waals surface area (Å²) in [6.07, 6.45) is 0. The van der Waals surface area contributed by atoms with Crippen LogP contribution in [0.4, 0.5) is 11.6 Å². The lowest BCUT2D eigenvalue weighted by Crippen LogP contribution is -2.45. The van der Waals surface area contributed by atoms with Crippen LogP contribution in [0.3, 0.4) is 0 Å². The van der Waals surface area contributed by atoms with E-state index >= 15 is 0 Å². The molecule has 1 aromatic rings. The van der Waals surface area contributed by atoms with Crippen molar-refractivity contribution >= 4 is 11.6 Å². The van der Waals surface area contributed by atoms with E-state index in [9.17, 15) is 10.1 Å².